The summed E-state index contributed by atoms with van der Waals surface area (Å²) in [7, 11) is 0. The monoisotopic (exact) mass is 413 g/mol. The van der Waals surface area contributed by atoms with Gasteiger partial charge in [-0.3, -0.25) is 4.79 Å². The van der Waals surface area contributed by atoms with Crippen LogP contribution in [0.2, 0.25) is 5.02 Å². The zero-order valence-corrected chi connectivity index (χ0v) is 15.5. The van der Waals surface area contributed by atoms with Gasteiger partial charge in [-0.25, -0.2) is 9.38 Å². The number of Topliss-reactive ketones (excluding diaryl/α,β-unsaturated/α-hetero) is 1. The maximum absolute atomic E-state index is 14.5. The fourth-order valence-electron chi connectivity index (χ4n) is 3.13. The maximum Gasteiger partial charge on any atom is 0.425 e. The number of ketones is 1. The van der Waals surface area contributed by atoms with Gasteiger partial charge >= 0.3 is 6.18 Å². The molecule has 0 aliphatic carbocycles. The van der Waals surface area contributed by atoms with Crippen molar-refractivity contribution in [2.24, 2.45) is 4.99 Å². The SMILES string of the molecule is C[C@@]1(c2cccc(Cl)c2F)C[C@@H](C(F)(F)F)OC(CC(=O)c2ccccc2)=N1. The van der Waals surface area contributed by atoms with Crippen LogP contribution in [0.1, 0.15) is 35.7 Å². The average Bonchev–Trinajstić information content (AvgIpc) is 2.63. The van der Waals surface area contributed by atoms with Crippen molar-refractivity contribution in [3.8, 4) is 0 Å². The molecule has 1 aliphatic rings. The van der Waals surface area contributed by atoms with Crippen LogP contribution in [0.25, 0.3) is 0 Å². The first-order valence-corrected chi connectivity index (χ1v) is 8.83. The zero-order valence-electron chi connectivity index (χ0n) is 14.8. The summed E-state index contributed by atoms with van der Waals surface area (Å²) in [5.41, 5.74) is -1.35. The summed E-state index contributed by atoms with van der Waals surface area (Å²) in [6.45, 7) is 1.37. The number of nitrogens with zero attached hydrogens (tertiary/aromatic N) is 1. The Bertz CT molecular complexity index is 914. The molecule has 0 saturated heterocycles. The Kier molecular flexibility index (Phi) is 5.48. The Morgan fingerprint density at radius 2 is 1.89 bits per heavy atom. The van der Waals surface area contributed by atoms with Crippen LogP contribution in [0.5, 0.6) is 0 Å². The number of carbonyl (C=O) groups excluding carboxylic acids is 1. The number of hydrogen-bond donors (Lipinski definition) is 0. The fraction of sp³-hybridized carbons (Fsp3) is 0.300. The Hall–Kier alpha value is -2.41. The third kappa shape index (κ3) is 4.19. The normalized spacial score (nSPS) is 22.4. The van der Waals surface area contributed by atoms with Crippen LogP contribution in [0.3, 0.4) is 0 Å². The van der Waals surface area contributed by atoms with Gasteiger partial charge in [-0.05, 0) is 13.0 Å². The minimum atomic E-state index is -4.70. The number of carbonyl (C=O) groups is 1. The Morgan fingerprint density at radius 3 is 2.54 bits per heavy atom. The Balaban J connectivity index is 2.00. The highest BCUT2D eigenvalue weighted by Crippen LogP contribution is 2.42. The first-order valence-electron chi connectivity index (χ1n) is 8.45. The van der Waals surface area contributed by atoms with E-state index in [1.165, 1.54) is 25.1 Å². The summed E-state index contributed by atoms with van der Waals surface area (Å²) in [6.07, 6.45) is -8.01. The predicted octanol–water partition coefficient (Wildman–Crippen LogP) is 5.72. The minimum absolute atomic E-state index is 0.0813. The summed E-state index contributed by atoms with van der Waals surface area (Å²) >= 11 is 5.79. The van der Waals surface area contributed by atoms with E-state index >= 15 is 0 Å². The number of alkyl halides is 3. The van der Waals surface area contributed by atoms with E-state index in [1.54, 1.807) is 30.3 Å². The van der Waals surface area contributed by atoms with E-state index < -0.39 is 42.3 Å². The molecule has 2 atom stereocenters. The molecule has 0 fully saturated rings. The molecule has 2 aromatic carbocycles. The van der Waals surface area contributed by atoms with E-state index in [9.17, 15) is 22.4 Å². The Morgan fingerprint density at radius 1 is 1.21 bits per heavy atom. The number of hydrogen-bond acceptors (Lipinski definition) is 3. The van der Waals surface area contributed by atoms with Crippen molar-refractivity contribution < 1.29 is 27.1 Å². The van der Waals surface area contributed by atoms with Crippen molar-refractivity contribution in [3.05, 3.63) is 70.5 Å². The van der Waals surface area contributed by atoms with Gasteiger partial charge in [0.15, 0.2) is 17.8 Å². The second kappa shape index (κ2) is 7.54. The number of halogens is 5. The molecule has 1 heterocycles. The smallest absolute Gasteiger partial charge is 0.425 e. The molecule has 0 bridgehead atoms. The summed E-state index contributed by atoms with van der Waals surface area (Å²) < 4.78 is 59.8. The van der Waals surface area contributed by atoms with Crippen molar-refractivity contribution in [1.29, 1.82) is 0 Å². The molecule has 3 nitrogen and oxygen atoms in total. The standard InChI is InChI=1S/C20H16ClF4NO2/c1-19(13-8-5-9-14(21)18(13)22)11-16(20(23,24)25)28-17(26-19)10-15(27)12-6-3-2-4-7-12/h2-9,16H,10-11H2,1H3/t16-,19-/m0/s1. The summed E-state index contributed by atoms with van der Waals surface area (Å²) in [5, 5.41) is -0.217. The van der Waals surface area contributed by atoms with Gasteiger partial charge < -0.3 is 4.74 Å². The van der Waals surface area contributed by atoms with Crippen molar-refractivity contribution in [3.63, 3.8) is 0 Å². The van der Waals surface area contributed by atoms with Crippen LogP contribution in [0.15, 0.2) is 53.5 Å². The number of ether oxygens (including phenoxy) is 1. The lowest BCUT2D eigenvalue weighted by atomic mass is 9.85. The molecule has 0 amide bonds. The maximum atomic E-state index is 14.5. The zero-order chi connectivity index (χ0) is 20.5. The van der Waals surface area contributed by atoms with Crippen LogP contribution in [0.4, 0.5) is 17.6 Å². The lowest BCUT2D eigenvalue weighted by Crippen LogP contribution is -2.44. The van der Waals surface area contributed by atoms with Crippen LogP contribution in [-0.2, 0) is 10.3 Å². The van der Waals surface area contributed by atoms with E-state index in [1.807, 2.05) is 0 Å². The molecular formula is C20H16ClF4NO2. The van der Waals surface area contributed by atoms with Gasteiger partial charge in [0.05, 0.1) is 17.0 Å². The number of rotatable bonds is 4. The van der Waals surface area contributed by atoms with Gasteiger partial charge in [-0.15, -0.1) is 0 Å². The molecule has 2 aromatic rings. The molecule has 0 saturated carbocycles. The first-order chi connectivity index (χ1) is 13.1. The molecule has 28 heavy (non-hydrogen) atoms. The quantitative estimate of drug-likeness (QED) is 0.475. The fourth-order valence-corrected chi connectivity index (χ4v) is 3.31. The third-order valence-corrected chi connectivity index (χ3v) is 4.83. The molecule has 0 aromatic heterocycles. The van der Waals surface area contributed by atoms with Gasteiger partial charge in [-0.1, -0.05) is 54.1 Å². The lowest BCUT2D eigenvalue weighted by molar-refractivity contribution is -0.208. The van der Waals surface area contributed by atoms with Crippen molar-refractivity contribution in [1.82, 2.24) is 0 Å². The van der Waals surface area contributed by atoms with Crippen LogP contribution in [0, 0.1) is 5.82 Å². The van der Waals surface area contributed by atoms with Gasteiger partial charge in [0.1, 0.15) is 5.82 Å². The minimum Gasteiger partial charge on any atom is -0.468 e. The topological polar surface area (TPSA) is 38.7 Å². The highest BCUT2D eigenvalue weighted by atomic mass is 35.5. The lowest BCUT2D eigenvalue weighted by Gasteiger charge is -2.37. The van der Waals surface area contributed by atoms with E-state index in [2.05, 4.69) is 4.99 Å². The van der Waals surface area contributed by atoms with E-state index in [-0.39, 0.29) is 16.5 Å². The molecule has 0 N–H and O–H groups in total. The Labute approximate surface area is 164 Å². The summed E-state index contributed by atoms with van der Waals surface area (Å²) in [6, 6.07) is 12.2. The van der Waals surface area contributed by atoms with E-state index in [0.29, 0.717) is 5.56 Å². The second-order valence-electron chi connectivity index (χ2n) is 6.70. The summed E-state index contributed by atoms with van der Waals surface area (Å²) in [5.74, 6) is -1.67. The third-order valence-electron chi connectivity index (χ3n) is 4.54. The van der Waals surface area contributed by atoms with Gasteiger partial charge in [0.25, 0.3) is 0 Å². The van der Waals surface area contributed by atoms with Gasteiger partial charge in [-0.2, -0.15) is 13.2 Å². The van der Waals surface area contributed by atoms with Gasteiger partial charge in [0.2, 0.25) is 0 Å². The molecule has 0 unspecified atom stereocenters. The van der Waals surface area contributed by atoms with E-state index in [0.717, 1.165) is 0 Å². The first kappa shape index (κ1) is 20.3. The number of benzene rings is 2. The van der Waals surface area contributed by atoms with Crippen LogP contribution >= 0.6 is 11.6 Å². The van der Waals surface area contributed by atoms with Crippen molar-refractivity contribution >= 4 is 23.3 Å². The largest absolute Gasteiger partial charge is 0.468 e. The van der Waals surface area contributed by atoms with Crippen molar-refractivity contribution in [2.45, 2.75) is 37.6 Å². The van der Waals surface area contributed by atoms with Crippen LogP contribution < -0.4 is 0 Å². The molecule has 1 aliphatic heterocycles. The molecular weight excluding hydrogens is 398 g/mol. The molecule has 8 heteroatoms. The van der Waals surface area contributed by atoms with Gasteiger partial charge in [0, 0.05) is 17.5 Å². The molecule has 0 radical (unpaired) electrons. The number of aliphatic imine (C=N–C) groups is 1. The van der Waals surface area contributed by atoms with Crippen molar-refractivity contribution in [2.75, 3.05) is 0 Å². The van der Waals surface area contributed by atoms with E-state index in [4.69, 9.17) is 16.3 Å². The highest BCUT2D eigenvalue weighted by molar-refractivity contribution is 6.30. The predicted molar refractivity (Wildman–Crippen MR) is 97.1 cm³/mol. The highest BCUT2D eigenvalue weighted by Gasteiger charge is 2.50. The molecule has 0 spiro atoms. The second-order valence-corrected chi connectivity index (χ2v) is 7.11. The average molecular weight is 414 g/mol. The van der Waals surface area contributed by atoms with Crippen LogP contribution in [-0.4, -0.2) is 24.0 Å². The molecule has 3 rings (SSSR count). The summed E-state index contributed by atoms with van der Waals surface area (Å²) in [4.78, 5) is 16.6. The molecule has 148 valence electrons.